The maximum absolute atomic E-state index is 15.8. The lowest BCUT2D eigenvalue weighted by Crippen LogP contribution is -2.79. The first-order valence-corrected chi connectivity index (χ1v) is 29.8. The van der Waals surface area contributed by atoms with Crippen molar-refractivity contribution in [3.8, 4) is 17.2 Å². The molecule has 9 nitrogen and oxygen atoms in total. The van der Waals surface area contributed by atoms with Crippen LogP contribution >= 0.6 is 46.4 Å². The second kappa shape index (κ2) is 34.9. The lowest BCUT2D eigenvalue weighted by Gasteiger charge is -2.46. The number of benzene rings is 7. The van der Waals surface area contributed by atoms with E-state index < -0.39 is 152 Å². The Bertz CT molecular complexity index is 3120. The van der Waals surface area contributed by atoms with E-state index in [9.17, 15) is 52.7 Å². The van der Waals surface area contributed by atoms with Crippen LogP contribution in [-0.4, -0.2) is 105 Å². The summed E-state index contributed by atoms with van der Waals surface area (Å²) in [6.07, 6.45) is -6.24. The van der Waals surface area contributed by atoms with E-state index in [0.29, 0.717) is 99.1 Å². The average Bonchev–Trinajstić information content (AvgIpc) is 0.685. The summed E-state index contributed by atoms with van der Waals surface area (Å²) in [4.78, 5) is 3.06. The third-order valence-corrected chi connectivity index (χ3v) is 16.9. The number of ether oxygens (including phenoxy) is 9. The summed E-state index contributed by atoms with van der Waals surface area (Å²) < 4.78 is 290. The molecule has 91 heavy (non-hydrogen) atoms. The zero-order chi connectivity index (χ0) is 66.9. The Hall–Kier alpha value is -5.85. The van der Waals surface area contributed by atoms with Crippen molar-refractivity contribution in [2.24, 2.45) is 0 Å². The van der Waals surface area contributed by atoms with Gasteiger partial charge in [0.2, 0.25) is 14.7 Å². The molecule has 0 fully saturated rings. The largest absolute Gasteiger partial charge is 0.486 e. The molecule has 0 heterocycles. The molecular weight excluding hydrogens is 1350 g/mol. The molecule has 494 valence electrons. The Balaban J connectivity index is 0.000000289. The molecule has 0 aromatic heterocycles. The van der Waals surface area contributed by atoms with Crippen LogP contribution in [-0.2, 0) is 39.3 Å². The smallest absolute Gasteiger partial charge is 0.208 e. The number of hydrogen-bond donors (Lipinski definition) is 0. The highest BCUT2D eigenvalue weighted by atomic mass is 35.5. The van der Waals surface area contributed by atoms with Gasteiger partial charge in [-0.2, -0.15) is 0 Å². The molecule has 0 spiro atoms. The summed E-state index contributed by atoms with van der Waals surface area (Å²) >= 11 is 22.3. The minimum atomic E-state index is -6.24. The van der Waals surface area contributed by atoms with Gasteiger partial charge in [0.1, 0.15) is 60.1 Å². The average molecular weight is 1400 g/mol. The summed E-state index contributed by atoms with van der Waals surface area (Å²) in [6, 6.07) is 24.4. The zero-order valence-corrected chi connectivity index (χ0v) is 51.6. The van der Waals surface area contributed by atoms with Crippen molar-refractivity contribution in [2.75, 3.05) is 99.1 Å². The predicted molar refractivity (Wildman–Crippen MR) is 309 cm³/mol. The van der Waals surface area contributed by atoms with Crippen molar-refractivity contribution in [3.63, 3.8) is 0 Å². The maximum atomic E-state index is 15.8. The van der Waals surface area contributed by atoms with Crippen LogP contribution in [0.3, 0.4) is 0 Å². The fourth-order valence-electron chi connectivity index (χ4n) is 9.17. The molecule has 0 amide bonds. The molecule has 0 bridgehead atoms. The van der Waals surface area contributed by atoms with Gasteiger partial charge in [-0.1, -0.05) is 82.8 Å². The Morgan fingerprint density at radius 2 is 0.473 bits per heavy atom. The van der Waals surface area contributed by atoms with E-state index in [4.69, 9.17) is 89.0 Å². The number of para-hydroxylation sites is 3. The van der Waals surface area contributed by atoms with E-state index in [0.717, 1.165) is 31.9 Å². The molecule has 0 N–H and O–H groups in total. The Morgan fingerprint density at radius 3 is 0.703 bits per heavy atom. The lowest BCUT2D eigenvalue weighted by molar-refractivity contribution is 0.0400. The molecule has 0 unspecified atom stereocenters. The van der Waals surface area contributed by atoms with Crippen LogP contribution < -0.4 is 36.1 Å². The molecule has 0 aliphatic rings. The van der Waals surface area contributed by atoms with E-state index >= 15 is 17.6 Å². The highest BCUT2D eigenvalue weighted by molar-refractivity contribution is 7.97. The third kappa shape index (κ3) is 16.4. The normalized spacial score (nSPS) is 11.6. The van der Waals surface area contributed by atoms with Crippen LogP contribution in [0, 0.1) is 93.1 Å². The minimum absolute atomic E-state index is 0.412. The highest BCUT2D eigenvalue weighted by Gasteiger charge is 2.51. The van der Waals surface area contributed by atoms with Crippen LogP contribution in [0.25, 0.3) is 0 Å². The van der Waals surface area contributed by atoms with Crippen LogP contribution in [0.4, 0.5) is 70.2 Å². The Labute approximate surface area is 533 Å². The van der Waals surface area contributed by atoms with Crippen molar-refractivity contribution in [2.45, 2.75) is 35.5 Å². The van der Waals surface area contributed by atoms with Gasteiger partial charge in [0, 0.05) is 39.9 Å². The van der Waals surface area contributed by atoms with Crippen LogP contribution in [0.5, 0.6) is 17.2 Å². The quantitative estimate of drug-likeness (QED) is 0.0105. The SMILES string of the molecule is CCOCCOCCOc1ccccc1[S+](c1ccccc1OCCOCCOCC)c1ccccc1OCCOCCOCC.Fc1c(F)c(F)c([B-](c2c(F)c(F)c(F)c(F)c2Cl)(c2c(F)c(F)c(F)c(F)c2Cl)c2c(F)c(F)c(F)c(F)c2Cl)c(Cl)c1F. The van der Waals surface area contributed by atoms with E-state index in [2.05, 4.69) is 18.2 Å². The highest BCUT2D eigenvalue weighted by Crippen LogP contribution is 2.44. The molecule has 0 saturated heterocycles. The summed E-state index contributed by atoms with van der Waals surface area (Å²) in [5, 5.41) is -9.69. The van der Waals surface area contributed by atoms with E-state index in [1.165, 1.54) is 0 Å². The predicted octanol–water partition coefficient (Wildman–Crippen LogP) is 14.0. The summed E-state index contributed by atoms with van der Waals surface area (Å²) in [7, 11) is -0.641. The molecule has 7 aromatic rings. The molecule has 0 saturated carbocycles. The molecular formula is C60H51BCl4F16O9S. The van der Waals surface area contributed by atoms with Gasteiger partial charge in [0.15, 0.2) is 87.1 Å². The molecule has 0 aliphatic carbocycles. The van der Waals surface area contributed by atoms with Gasteiger partial charge < -0.3 is 42.6 Å². The zero-order valence-electron chi connectivity index (χ0n) is 47.8. The second-order valence-electron chi connectivity index (χ2n) is 18.4. The van der Waals surface area contributed by atoms with Crippen molar-refractivity contribution >= 4 is 85.3 Å². The van der Waals surface area contributed by atoms with Crippen molar-refractivity contribution < 1.29 is 113 Å². The van der Waals surface area contributed by atoms with Gasteiger partial charge in [-0.05, 0) is 57.2 Å². The van der Waals surface area contributed by atoms with Crippen LogP contribution in [0.1, 0.15) is 20.8 Å². The second-order valence-corrected chi connectivity index (χ2v) is 21.9. The van der Waals surface area contributed by atoms with Gasteiger partial charge in [-0.3, -0.25) is 0 Å². The molecule has 7 rings (SSSR count). The molecule has 0 aliphatic heterocycles. The summed E-state index contributed by atoms with van der Waals surface area (Å²) in [6.45, 7) is 13.9. The third-order valence-electron chi connectivity index (χ3n) is 13.1. The Morgan fingerprint density at radius 1 is 0.275 bits per heavy atom. The van der Waals surface area contributed by atoms with Crippen LogP contribution in [0.2, 0.25) is 20.1 Å². The van der Waals surface area contributed by atoms with Crippen LogP contribution in [0.15, 0.2) is 87.5 Å². The van der Waals surface area contributed by atoms with Gasteiger partial charge in [0.25, 0.3) is 0 Å². The first-order chi connectivity index (χ1) is 43.5. The van der Waals surface area contributed by atoms with Crippen molar-refractivity contribution in [3.05, 3.63) is 186 Å². The van der Waals surface area contributed by atoms with Gasteiger partial charge in [0.05, 0.1) is 59.5 Å². The first-order valence-electron chi connectivity index (χ1n) is 27.1. The van der Waals surface area contributed by atoms with Crippen molar-refractivity contribution in [1.29, 1.82) is 0 Å². The first kappa shape index (κ1) is 74.2. The van der Waals surface area contributed by atoms with E-state index in [1.807, 2.05) is 75.4 Å². The number of hydrogen-bond acceptors (Lipinski definition) is 9. The fourth-order valence-corrected chi connectivity index (χ4v) is 12.8. The van der Waals surface area contributed by atoms with Gasteiger partial charge in [-0.15, -0.1) is 21.9 Å². The standard InChI is InChI=1S/C36H51O9S.C24BCl4F16/c1-4-37-19-22-40-25-28-43-31-13-7-10-16-34(31)46(35-17-11-8-14-32(35)44-29-26-41-23-20-38-5-2)36-18-12-9-15-33(36)45-30-27-42-24-21-39-6-3;26-5-1(9(30)17(38)21(42)13(5)34)25(2-6(27)14(35)22(43)18(39)10(2)31,3-7(28)15(36)23(44)19(40)11(3)32)4-8(29)16(37)24(45)20(41)12(4)33/h7-18H,4-6,19-30H2,1-3H3;/q+1;-1. The summed E-state index contributed by atoms with van der Waals surface area (Å²) in [5.74, 6) is -46.0. The van der Waals surface area contributed by atoms with Gasteiger partial charge >= 0.3 is 0 Å². The topological polar surface area (TPSA) is 83.1 Å². The summed E-state index contributed by atoms with van der Waals surface area (Å²) in [5.41, 5.74) is -10.7. The van der Waals surface area contributed by atoms with E-state index in [1.54, 1.807) is 0 Å². The number of rotatable bonds is 31. The Kier molecular flexibility index (Phi) is 28.4. The van der Waals surface area contributed by atoms with Crippen molar-refractivity contribution in [1.82, 2.24) is 0 Å². The minimum Gasteiger partial charge on any atom is -0.486 e. The monoisotopic (exact) mass is 1400 g/mol. The molecule has 0 atom stereocenters. The van der Waals surface area contributed by atoms with Gasteiger partial charge in [-0.25, -0.2) is 70.2 Å². The molecule has 7 aromatic carbocycles. The lowest BCUT2D eigenvalue weighted by atomic mass is 9.12. The molecule has 0 radical (unpaired) electrons. The molecule has 31 heteroatoms. The number of halogens is 20. The fraction of sp³-hybridized carbons (Fsp3) is 0.300. The van der Waals surface area contributed by atoms with E-state index in [-0.39, 0.29) is 0 Å². The maximum Gasteiger partial charge on any atom is 0.208 e.